The summed E-state index contributed by atoms with van der Waals surface area (Å²) in [5.74, 6) is 1.08. The van der Waals surface area contributed by atoms with Crippen molar-refractivity contribution in [2.24, 2.45) is 0 Å². The molecule has 0 fully saturated rings. The lowest BCUT2D eigenvalue weighted by molar-refractivity contribution is 0.0985. The van der Waals surface area contributed by atoms with Gasteiger partial charge in [-0.25, -0.2) is 0 Å². The fourth-order valence-electron chi connectivity index (χ4n) is 1.55. The number of aromatic amines is 1. The Hall–Kier alpha value is -1.22. The topological polar surface area (TPSA) is 32.9 Å². The monoisotopic (exact) mass is 219 g/mol. The number of carbonyl (C=O) groups is 1. The molecule has 0 saturated heterocycles. The summed E-state index contributed by atoms with van der Waals surface area (Å²) in [5.41, 5.74) is 1.76. The van der Waals surface area contributed by atoms with E-state index in [1.54, 1.807) is 11.8 Å². The molecule has 0 unspecified atom stereocenters. The first-order chi connectivity index (χ1) is 7.31. The number of Topliss-reactive ketones (excluding diaryl/α,β-unsaturated/α-hetero) is 1. The number of rotatable bonds is 4. The van der Waals surface area contributed by atoms with Gasteiger partial charge in [0.25, 0.3) is 0 Å². The Bertz CT molecular complexity index is 442. The second kappa shape index (κ2) is 4.53. The molecule has 0 aliphatic carbocycles. The highest BCUT2D eigenvalue weighted by Crippen LogP contribution is 2.16. The predicted molar refractivity (Wildman–Crippen MR) is 65.6 cm³/mol. The van der Waals surface area contributed by atoms with E-state index in [0.29, 0.717) is 6.42 Å². The van der Waals surface area contributed by atoms with E-state index in [-0.39, 0.29) is 5.78 Å². The van der Waals surface area contributed by atoms with Crippen LogP contribution in [-0.4, -0.2) is 22.8 Å². The minimum atomic E-state index is 0.195. The van der Waals surface area contributed by atoms with Crippen molar-refractivity contribution in [3.05, 3.63) is 36.0 Å². The molecule has 3 heteroatoms. The van der Waals surface area contributed by atoms with Crippen molar-refractivity contribution >= 4 is 28.4 Å². The molecule has 0 amide bonds. The zero-order valence-electron chi connectivity index (χ0n) is 8.62. The number of nitrogens with one attached hydrogen (secondary N) is 1. The molecule has 78 valence electrons. The molecular weight excluding hydrogens is 206 g/mol. The number of hydrogen-bond donors (Lipinski definition) is 1. The van der Waals surface area contributed by atoms with Crippen LogP contribution in [0.3, 0.4) is 0 Å². The van der Waals surface area contributed by atoms with Crippen molar-refractivity contribution in [1.82, 2.24) is 4.98 Å². The minimum Gasteiger partial charge on any atom is -0.352 e. The molecule has 1 aromatic carbocycles. The van der Waals surface area contributed by atoms with Crippen LogP contribution in [0, 0.1) is 0 Å². The molecule has 1 aromatic heterocycles. The first-order valence-corrected chi connectivity index (χ1v) is 6.30. The van der Waals surface area contributed by atoms with Gasteiger partial charge in [-0.2, -0.15) is 11.8 Å². The second-order valence-corrected chi connectivity index (χ2v) is 4.42. The van der Waals surface area contributed by atoms with Crippen LogP contribution in [0.2, 0.25) is 0 Å². The highest BCUT2D eigenvalue weighted by atomic mass is 32.2. The van der Waals surface area contributed by atoms with Gasteiger partial charge in [0, 0.05) is 23.1 Å². The molecule has 0 bridgehead atoms. The van der Waals surface area contributed by atoms with E-state index in [9.17, 15) is 4.79 Å². The average molecular weight is 219 g/mol. The molecule has 2 nitrogen and oxygen atoms in total. The molecule has 0 spiro atoms. The third-order valence-electron chi connectivity index (χ3n) is 2.36. The van der Waals surface area contributed by atoms with E-state index < -0.39 is 0 Å². The molecule has 1 N–H and O–H groups in total. The third-order valence-corrected chi connectivity index (χ3v) is 2.98. The van der Waals surface area contributed by atoms with Gasteiger partial charge in [0.15, 0.2) is 5.78 Å². The van der Waals surface area contributed by atoms with Gasteiger partial charge in [-0.3, -0.25) is 4.79 Å². The fraction of sp³-hybridized carbons (Fsp3) is 0.250. The van der Waals surface area contributed by atoms with Crippen LogP contribution in [0.5, 0.6) is 0 Å². The molecule has 0 radical (unpaired) electrons. The first kappa shape index (κ1) is 10.3. The lowest BCUT2D eigenvalue weighted by atomic mass is 10.2. The molecule has 2 rings (SSSR count). The third kappa shape index (κ3) is 2.23. The predicted octanol–water partition coefficient (Wildman–Crippen LogP) is 3.10. The summed E-state index contributed by atoms with van der Waals surface area (Å²) in [6.45, 7) is 0. The number of hydrogen-bond acceptors (Lipinski definition) is 2. The Morgan fingerprint density at radius 1 is 1.40 bits per heavy atom. The minimum absolute atomic E-state index is 0.195. The van der Waals surface area contributed by atoms with Gasteiger partial charge in [-0.15, -0.1) is 0 Å². The highest BCUT2D eigenvalue weighted by Gasteiger charge is 2.08. The van der Waals surface area contributed by atoms with E-state index in [1.165, 1.54) is 0 Å². The summed E-state index contributed by atoms with van der Waals surface area (Å²) in [7, 11) is 0. The second-order valence-electron chi connectivity index (χ2n) is 3.44. The number of benzene rings is 1. The Labute approximate surface area is 93.1 Å². The van der Waals surface area contributed by atoms with Gasteiger partial charge in [-0.1, -0.05) is 18.2 Å². The van der Waals surface area contributed by atoms with Gasteiger partial charge in [0.05, 0.1) is 5.69 Å². The Morgan fingerprint density at radius 3 is 2.93 bits per heavy atom. The normalized spacial score (nSPS) is 10.7. The summed E-state index contributed by atoms with van der Waals surface area (Å²) in [5, 5.41) is 1.10. The van der Waals surface area contributed by atoms with Gasteiger partial charge in [-0.05, 0) is 18.4 Å². The van der Waals surface area contributed by atoms with Crippen molar-refractivity contribution in [1.29, 1.82) is 0 Å². The largest absolute Gasteiger partial charge is 0.352 e. The van der Waals surface area contributed by atoms with Crippen LogP contribution in [-0.2, 0) is 0 Å². The number of thioether (sulfide) groups is 1. The standard InChI is InChI=1S/C12H13NOS/c1-15-7-6-12(14)11-8-9-4-2-3-5-10(9)13-11/h2-5,8,13H,6-7H2,1H3. The quantitative estimate of drug-likeness (QED) is 0.801. The maximum atomic E-state index is 11.7. The number of fused-ring (bicyclic) bond motifs is 1. The van der Waals surface area contributed by atoms with Crippen LogP contribution in [0.1, 0.15) is 16.9 Å². The summed E-state index contributed by atoms with van der Waals surface area (Å²) in [6.07, 6.45) is 2.62. The number of aromatic nitrogens is 1. The Morgan fingerprint density at radius 2 is 2.20 bits per heavy atom. The van der Waals surface area contributed by atoms with Crippen molar-refractivity contribution in [3.8, 4) is 0 Å². The summed E-state index contributed by atoms with van der Waals surface area (Å²) >= 11 is 1.70. The first-order valence-electron chi connectivity index (χ1n) is 4.91. The van der Waals surface area contributed by atoms with E-state index in [0.717, 1.165) is 22.3 Å². The SMILES string of the molecule is CSCCC(=O)c1cc2ccccc2[nH]1. The zero-order chi connectivity index (χ0) is 10.7. The van der Waals surface area contributed by atoms with Crippen LogP contribution < -0.4 is 0 Å². The van der Waals surface area contributed by atoms with Crippen molar-refractivity contribution in [3.63, 3.8) is 0 Å². The lowest BCUT2D eigenvalue weighted by Gasteiger charge is -1.94. The smallest absolute Gasteiger partial charge is 0.179 e. The Kier molecular flexibility index (Phi) is 3.11. The van der Waals surface area contributed by atoms with Crippen LogP contribution >= 0.6 is 11.8 Å². The fourth-order valence-corrected chi connectivity index (χ4v) is 1.94. The number of carbonyl (C=O) groups excluding carboxylic acids is 1. The zero-order valence-corrected chi connectivity index (χ0v) is 9.43. The summed E-state index contributed by atoms with van der Waals surface area (Å²) in [4.78, 5) is 14.9. The number of H-pyrrole nitrogens is 1. The van der Waals surface area contributed by atoms with Crippen molar-refractivity contribution < 1.29 is 4.79 Å². The van der Waals surface area contributed by atoms with Crippen molar-refractivity contribution in [2.45, 2.75) is 6.42 Å². The molecule has 0 atom stereocenters. The molecule has 15 heavy (non-hydrogen) atoms. The molecular formula is C12H13NOS. The Balaban J connectivity index is 2.25. The van der Waals surface area contributed by atoms with E-state index >= 15 is 0 Å². The lowest BCUT2D eigenvalue weighted by Crippen LogP contribution is -2.00. The van der Waals surface area contributed by atoms with Gasteiger partial charge in [0.2, 0.25) is 0 Å². The molecule has 0 aliphatic rings. The van der Waals surface area contributed by atoms with E-state index in [1.807, 2.05) is 36.6 Å². The van der Waals surface area contributed by atoms with E-state index in [2.05, 4.69) is 4.98 Å². The average Bonchev–Trinajstić information content (AvgIpc) is 2.69. The molecule has 1 heterocycles. The van der Waals surface area contributed by atoms with Gasteiger partial charge < -0.3 is 4.98 Å². The van der Waals surface area contributed by atoms with Crippen LogP contribution in [0.4, 0.5) is 0 Å². The van der Waals surface area contributed by atoms with Gasteiger partial charge in [0.1, 0.15) is 0 Å². The van der Waals surface area contributed by atoms with E-state index in [4.69, 9.17) is 0 Å². The maximum Gasteiger partial charge on any atom is 0.179 e. The number of ketones is 1. The maximum absolute atomic E-state index is 11.7. The van der Waals surface area contributed by atoms with Crippen molar-refractivity contribution in [2.75, 3.05) is 12.0 Å². The molecule has 0 aliphatic heterocycles. The number of para-hydroxylation sites is 1. The van der Waals surface area contributed by atoms with Crippen LogP contribution in [0.25, 0.3) is 10.9 Å². The molecule has 0 saturated carbocycles. The molecule has 2 aromatic rings. The van der Waals surface area contributed by atoms with Gasteiger partial charge >= 0.3 is 0 Å². The summed E-state index contributed by atoms with van der Waals surface area (Å²) < 4.78 is 0. The summed E-state index contributed by atoms with van der Waals surface area (Å²) in [6, 6.07) is 9.87. The highest BCUT2D eigenvalue weighted by molar-refractivity contribution is 7.98. The van der Waals surface area contributed by atoms with Crippen LogP contribution in [0.15, 0.2) is 30.3 Å².